The largest absolute Gasteiger partial charge is 0.454 e. The molecule has 0 aliphatic heterocycles. The standard InChI is InChI=1S/C18H16N2O3S/c1-11-16(12-6-3-4-8-14(12)20-11)15(21)10-23-18(22)13-7-5-9-19-17(13)24-2/h3-9,20H,10H2,1-2H3. The number of nitrogens with one attached hydrogen (secondary N) is 1. The number of carbonyl (C=O) groups is 2. The zero-order chi connectivity index (χ0) is 17.1. The van der Waals surface area contributed by atoms with E-state index in [0.717, 1.165) is 16.6 Å². The summed E-state index contributed by atoms with van der Waals surface area (Å²) in [5.74, 6) is -0.772. The number of nitrogens with zero attached hydrogens (tertiary/aromatic N) is 1. The lowest BCUT2D eigenvalue weighted by Crippen LogP contribution is -2.15. The normalized spacial score (nSPS) is 10.8. The Balaban J connectivity index is 1.78. The van der Waals surface area contributed by atoms with Crippen LogP contribution in [0.15, 0.2) is 47.6 Å². The van der Waals surface area contributed by atoms with Crippen molar-refractivity contribution in [2.75, 3.05) is 12.9 Å². The van der Waals surface area contributed by atoms with Gasteiger partial charge in [0.2, 0.25) is 5.78 Å². The van der Waals surface area contributed by atoms with Gasteiger partial charge in [0, 0.05) is 28.4 Å². The molecule has 2 aromatic heterocycles. The Hall–Kier alpha value is -2.60. The molecule has 2 heterocycles. The molecule has 0 radical (unpaired) electrons. The molecular formula is C18H16N2O3S. The number of ketones is 1. The molecule has 0 amide bonds. The molecule has 5 nitrogen and oxygen atoms in total. The van der Waals surface area contributed by atoms with Crippen LogP contribution in [0.5, 0.6) is 0 Å². The van der Waals surface area contributed by atoms with E-state index in [9.17, 15) is 9.59 Å². The predicted molar refractivity (Wildman–Crippen MR) is 93.7 cm³/mol. The molecular weight excluding hydrogens is 324 g/mol. The van der Waals surface area contributed by atoms with Crippen molar-refractivity contribution in [3.8, 4) is 0 Å². The number of para-hydroxylation sites is 1. The number of H-pyrrole nitrogens is 1. The lowest BCUT2D eigenvalue weighted by Gasteiger charge is -2.07. The van der Waals surface area contributed by atoms with Crippen molar-refractivity contribution in [2.45, 2.75) is 11.9 Å². The number of carbonyl (C=O) groups excluding carboxylic acids is 2. The fourth-order valence-electron chi connectivity index (χ4n) is 2.63. The fraction of sp³-hybridized carbons (Fsp3) is 0.167. The highest BCUT2D eigenvalue weighted by molar-refractivity contribution is 7.98. The Morgan fingerprint density at radius 2 is 2.00 bits per heavy atom. The fourth-order valence-corrected chi connectivity index (χ4v) is 3.16. The van der Waals surface area contributed by atoms with E-state index in [2.05, 4.69) is 9.97 Å². The van der Waals surface area contributed by atoms with Gasteiger partial charge in [-0.05, 0) is 31.4 Å². The molecule has 3 aromatic rings. The second kappa shape index (κ2) is 6.88. The van der Waals surface area contributed by atoms with Gasteiger partial charge in [0.25, 0.3) is 0 Å². The van der Waals surface area contributed by atoms with E-state index < -0.39 is 5.97 Å². The van der Waals surface area contributed by atoms with Crippen LogP contribution in [0.4, 0.5) is 0 Å². The number of esters is 1. The van der Waals surface area contributed by atoms with E-state index in [1.807, 2.05) is 37.4 Å². The third-order valence-corrected chi connectivity index (χ3v) is 4.40. The second-order valence-electron chi connectivity index (χ2n) is 5.23. The molecule has 0 aliphatic carbocycles. The van der Waals surface area contributed by atoms with Gasteiger partial charge in [-0.3, -0.25) is 4.79 Å². The van der Waals surface area contributed by atoms with Gasteiger partial charge >= 0.3 is 5.97 Å². The number of aromatic nitrogens is 2. The summed E-state index contributed by atoms with van der Waals surface area (Å²) in [6.07, 6.45) is 3.45. The first kappa shape index (κ1) is 16.3. The van der Waals surface area contributed by atoms with E-state index >= 15 is 0 Å². The van der Waals surface area contributed by atoms with Gasteiger partial charge in [-0.25, -0.2) is 9.78 Å². The molecule has 0 spiro atoms. The van der Waals surface area contributed by atoms with Crippen molar-refractivity contribution < 1.29 is 14.3 Å². The molecule has 3 rings (SSSR count). The summed E-state index contributed by atoms with van der Waals surface area (Å²) >= 11 is 1.36. The number of pyridine rings is 1. The summed E-state index contributed by atoms with van der Waals surface area (Å²) in [7, 11) is 0. The van der Waals surface area contributed by atoms with Crippen LogP contribution in [0, 0.1) is 6.92 Å². The maximum absolute atomic E-state index is 12.5. The molecule has 122 valence electrons. The van der Waals surface area contributed by atoms with Crippen LogP contribution in [0.3, 0.4) is 0 Å². The van der Waals surface area contributed by atoms with Gasteiger partial charge in [-0.2, -0.15) is 0 Å². The van der Waals surface area contributed by atoms with Gasteiger partial charge in [0.15, 0.2) is 6.61 Å². The van der Waals surface area contributed by atoms with Crippen molar-refractivity contribution in [3.05, 3.63) is 59.4 Å². The number of hydrogen-bond acceptors (Lipinski definition) is 5. The topological polar surface area (TPSA) is 72.0 Å². The van der Waals surface area contributed by atoms with Crippen molar-refractivity contribution in [3.63, 3.8) is 0 Å². The minimum atomic E-state index is -0.543. The van der Waals surface area contributed by atoms with E-state index in [1.165, 1.54) is 11.8 Å². The molecule has 1 aromatic carbocycles. The molecule has 6 heteroatoms. The highest BCUT2D eigenvalue weighted by atomic mass is 32.2. The summed E-state index contributed by atoms with van der Waals surface area (Å²) < 4.78 is 5.20. The van der Waals surface area contributed by atoms with Crippen molar-refractivity contribution in [1.29, 1.82) is 0 Å². The molecule has 1 N–H and O–H groups in total. The number of rotatable bonds is 5. The van der Waals surface area contributed by atoms with Gasteiger partial charge in [-0.15, -0.1) is 11.8 Å². The monoisotopic (exact) mass is 340 g/mol. The van der Waals surface area contributed by atoms with E-state index in [-0.39, 0.29) is 12.4 Å². The molecule has 0 saturated carbocycles. The molecule has 24 heavy (non-hydrogen) atoms. The summed E-state index contributed by atoms with van der Waals surface area (Å²) in [6.45, 7) is 1.53. The molecule has 0 atom stereocenters. The Morgan fingerprint density at radius 1 is 1.21 bits per heavy atom. The number of Topliss-reactive ketones (excluding diaryl/α,β-unsaturated/α-hetero) is 1. The molecule has 0 saturated heterocycles. The summed E-state index contributed by atoms with van der Waals surface area (Å²) in [5.41, 5.74) is 2.59. The van der Waals surface area contributed by atoms with Crippen LogP contribution < -0.4 is 0 Å². The third kappa shape index (κ3) is 3.05. The average Bonchev–Trinajstić information content (AvgIpc) is 2.95. The van der Waals surface area contributed by atoms with Crippen LogP contribution in [0.2, 0.25) is 0 Å². The smallest absolute Gasteiger partial charge is 0.341 e. The van der Waals surface area contributed by atoms with Crippen LogP contribution in [0.25, 0.3) is 10.9 Å². The Bertz CT molecular complexity index is 918. The highest BCUT2D eigenvalue weighted by Gasteiger charge is 2.19. The zero-order valence-corrected chi connectivity index (χ0v) is 14.1. The van der Waals surface area contributed by atoms with Crippen LogP contribution in [0.1, 0.15) is 26.4 Å². The minimum Gasteiger partial charge on any atom is -0.454 e. The van der Waals surface area contributed by atoms with Crippen molar-refractivity contribution >= 4 is 34.4 Å². The highest BCUT2D eigenvalue weighted by Crippen LogP contribution is 2.23. The summed E-state index contributed by atoms with van der Waals surface area (Å²) in [4.78, 5) is 32.0. The molecule has 0 bridgehead atoms. The Morgan fingerprint density at radius 3 is 2.79 bits per heavy atom. The zero-order valence-electron chi connectivity index (χ0n) is 13.3. The first-order valence-corrected chi connectivity index (χ1v) is 8.61. The van der Waals surface area contributed by atoms with Crippen LogP contribution >= 0.6 is 11.8 Å². The van der Waals surface area contributed by atoms with Crippen molar-refractivity contribution in [2.24, 2.45) is 0 Å². The van der Waals surface area contributed by atoms with E-state index in [1.54, 1.807) is 18.3 Å². The third-order valence-electron chi connectivity index (χ3n) is 3.69. The van der Waals surface area contributed by atoms with E-state index in [4.69, 9.17) is 4.74 Å². The number of hydrogen-bond donors (Lipinski definition) is 1. The quantitative estimate of drug-likeness (QED) is 0.436. The van der Waals surface area contributed by atoms with Gasteiger partial charge < -0.3 is 9.72 Å². The molecule has 0 fully saturated rings. The molecule has 0 aliphatic rings. The van der Waals surface area contributed by atoms with Crippen LogP contribution in [-0.4, -0.2) is 34.6 Å². The average molecular weight is 340 g/mol. The maximum atomic E-state index is 12.5. The van der Waals surface area contributed by atoms with Crippen molar-refractivity contribution in [1.82, 2.24) is 9.97 Å². The summed E-state index contributed by atoms with van der Waals surface area (Å²) in [6, 6.07) is 10.9. The maximum Gasteiger partial charge on any atom is 0.341 e. The number of ether oxygens (including phenoxy) is 1. The van der Waals surface area contributed by atoms with Gasteiger partial charge in [0.05, 0.1) is 5.56 Å². The van der Waals surface area contributed by atoms with E-state index in [0.29, 0.717) is 16.2 Å². The Labute approximate surface area is 143 Å². The van der Waals surface area contributed by atoms with Gasteiger partial charge in [-0.1, -0.05) is 18.2 Å². The minimum absolute atomic E-state index is 0.229. The Kier molecular flexibility index (Phi) is 4.66. The van der Waals surface area contributed by atoms with Gasteiger partial charge in [0.1, 0.15) is 5.03 Å². The number of aromatic amines is 1. The second-order valence-corrected chi connectivity index (χ2v) is 6.03. The number of thioether (sulfide) groups is 1. The number of aryl methyl sites for hydroxylation is 1. The molecule has 0 unspecified atom stereocenters. The SMILES string of the molecule is CSc1ncccc1C(=O)OCC(=O)c1c(C)[nH]c2ccccc12. The lowest BCUT2D eigenvalue weighted by atomic mass is 10.1. The van der Waals surface area contributed by atoms with Crippen LogP contribution in [-0.2, 0) is 4.74 Å². The predicted octanol–water partition coefficient (Wildman–Crippen LogP) is 3.63. The first-order valence-electron chi connectivity index (χ1n) is 7.38. The number of benzene rings is 1. The summed E-state index contributed by atoms with van der Waals surface area (Å²) in [5, 5.41) is 1.42. The number of fused-ring (bicyclic) bond motifs is 1. The first-order chi connectivity index (χ1) is 11.6. The lowest BCUT2D eigenvalue weighted by molar-refractivity contribution is 0.0470.